The van der Waals surface area contributed by atoms with Gasteiger partial charge in [0.25, 0.3) is 0 Å². The minimum absolute atomic E-state index is 0.0100. The first-order chi connectivity index (χ1) is 15.4. The maximum Gasteiger partial charge on any atom is 0.416 e. The summed E-state index contributed by atoms with van der Waals surface area (Å²) in [5, 5.41) is 2.72. The first-order valence-electron chi connectivity index (χ1n) is 9.02. The molecule has 176 valence electrons. The lowest BCUT2D eigenvalue weighted by atomic mass is 10.0. The SMILES string of the molecule is COc1ccc(Cl)cc1NC(=O)OCc1ccc(-c2cc(C(F)(F)F)cc(C(F)(F)F)c2)o1. The third-order valence-electron chi connectivity index (χ3n) is 4.28. The maximum absolute atomic E-state index is 13.0. The molecule has 0 saturated heterocycles. The molecule has 12 heteroatoms. The molecule has 0 fully saturated rings. The summed E-state index contributed by atoms with van der Waals surface area (Å²) in [6.45, 7) is -0.445. The number of halogens is 7. The summed E-state index contributed by atoms with van der Waals surface area (Å²) >= 11 is 5.87. The van der Waals surface area contributed by atoms with Gasteiger partial charge in [0.15, 0.2) is 6.61 Å². The standard InChI is InChI=1S/C21H14ClF6NO4/c1-31-18-4-2-14(22)9-16(18)29-19(30)32-10-15-3-5-17(33-15)11-6-12(20(23,24)25)8-13(7-11)21(26,27)28/h2-9H,10H2,1H3,(H,29,30). The molecule has 33 heavy (non-hydrogen) atoms. The van der Waals surface area contributed by atoms with Gasteiger partial charge >= 0.3 is 18.4 Å². The number of benzene rings is 2. The van der Waals surface area contributed by atoms with E-state index >= 15 is 0 Å². The van der Waals surface area contributed by atoms with Crippen LogP contribution in [0.4, 0.5) is 36.8 Å². The highest BCUT2D eigenvalue weighted by molar-refractivity contribution is 6.31. The highest BCUT2D eigenvalue weighted by Crippen LogP contribution is 2.39. The normalized spacial score (nSPS) is 11.9. The Kier molecular flexibility index (Phi) is 6.82. The Balaban J connectivity index is 1.75. The van der Waals surface area contributed by atoms with E-state index in [1.807, 2.05) is 0 Å². The molecule has 1 heterocycles. The van der Waals surface area contributed by atoms with Crippen LogP contribution in [0.25, 0.3) is 11.3 Å². The highest BCUT2D eigenvalue weighted by Gasteiger charge is 2.37. The minimum atomic E-state index is -4.99. The number of carbonyl (C=O) groups is 1. The Morgan fingerprint density at radius 3 is 2.18 bits per heavy atom. The zero-order valence-corrected chi connectivity index (χ0v) is 17.4. The van der Waals surface area contributed by atoms with E-state index in [0.717, 1.165) is 0 Å². The molecule has 3 rings (SSSR count). The summed E-state index contributed by atoms with van der Waals surface area (Å²) in [7, 11) is 1.38. The monoisotopic (exact) mass is 493 g/mol. The van der Waals surface area contributed by atoms with Crippen molar-refractivity contribution >= 4 is 23.4 Å². The van der Waals surface area contributed by atoms with E-state index < -0.39 is 41.7 Å². The van der Waals surface area contributed by atoms with Gasteiger partial charge in [-0.1, -0.05) is 11.6 Å². The number of anilines is 1. The molecular weight excluding hydrogens is 480 g/mol. The van der Waals surface area contributed by atoms with Gasteiger partial charge in [0, 0.05) is 10.6 Å². The second-order valence-electron chi connectivity index (χ2n) is 6.61. The molecular formula is C21H14ClF6NO4. The summed E-state index contributed by atoms with van der Waals surface area (Å²) in [5.41, 5.74) is -3.16. The Morgan fingerprint density at radius 2 is 1.61 bits per heavy atom. The van der Waals surface area contributed by atoms with Crippen molar-refractivity contribution in [1.82, 2.24) is 0 Å². The van der Waals surface area contributed by atoms with Gasteiger partial charge in [-0.2, -0.15) is 26.3 Å². The van der Waals surface area contributed by atoms with Crippen LogP contribution in [0, 0.1) is 0 Å². The molecule has 0 saturated carbocycles. The predicted octanol–water partition coefficient (Wildman–Crippen LogP) is 7.39. The number of carbonyl (C=O) groups excluding carboxylic acids is 1. The van der Waals surface area contributed by atoms with Crippen LogP contribution in [0.2, 0.25) is 5.02 Å². The molecule has 3 aromatic rings. The fraction of sp³-hybridized carbons (Fsp3) is 0.190. The Morgan fingerprint density at radius 1 is 0.970 bits per heavy atom. The van der Waals surface area contributed by atoms with Gasteiger partial charge in [-0.15, -0.1) is 0 Å². The van der Waals surface area contributed by atoms with Gasteiger partial charge in [-0.3, -0.25) is 5.32 Å². The Hall–Kier alpha value is -3.34. The van der Waals surface area contributed by atoms with Crippen LogP contribution >= 0.6 is 11.6 Å². The summed E-state index contributed by atoms with van der Waals surface area (Å²) in [6, 6.07) is 8.00. The summed E-state index contributed by atoms with van der Waals surface area (Å²) in [5.74, 6) is 0.0351. The van der Waals surface area contributed by atoms with E-state index in [9.17, 15) is 31.1 Å². The number of alkyl halides is 6. The highest BCUT2D eigenvalue weighted by atomic mass is 35.5. The van der Waals surface area contributed by atoms with Gasteiger partial charge in [-0.25, -0.2) is 4.79 Å². The maximum atomic E-state index is 13.0. The predicted molar refractivity (Wildman–Crippen MR) is 106 cm³/mol. The van der Waals surface area contributed by atoms with Crippen molar-refractivity contribution in [3.05, 3.63) is 70.4 Å². The van der Waals surface area contributed by atoms with Crippen LogP contribution < -0.4 is 10.1 Å². The van der Waals surface area contributed by atoms with E-state index in [0.29, 0.717) is 22.9 Å². The van der Waals surface area contributed by atoms with Crippen molar-refractivity contribution in [1.29, 1.82) is 0 Å². The van der Waals surface area contributed by atoms with Gasteiger partial charge in [0.1, 0.15) is 17.3 Å². The first-order valence-corrected chi connectivity index (χ1v) is 9.40. The van der Waals surface area contributed by atoms with Crippen molar-refractivity contribution in [3.8, 4) is 17.1 Å². The zero-order valence-electron chi connectivity index (χ0n) is 16.6. The molecule has 5 nitrogen and oxygen atoms in total. The fourth-order valence-electron chi connectivity index (χ4n) is 2.77. The minimum Gasteiger partial charge on any atom is -0.495 e. The molecule has 0 aliphatic carbocycles. The molecule has 2 aromatic carbocycles. The van der Waals surface area contributed by atoms with E-state index in [-0.39, 0.29) is 23.3 Å². The summed E-state index contributed by atoms with van der Waals surface area (Å²) < 4.78 is 93.6. The number of amides is 1. The summed E-state index contributed by atoms with van der Waals surface area (Å²) in [6.07, 6.45) is -10.9. The van der Waals surface area contributed by atoms with E-state index in [2.05, 4.69) is 5.32 Å². The van der Waals surface area contributed by atoms with Crippen molar-refractivity contribution in [3.63, 3.8) is 0 Å². The van der Waals surface area contributed by atoms with Crippen molar-refractivity contribution in [2.45, 2.75) is 19.0 Å². The number of furan rings is 1. The lowest BCUT2D eigenvalue weighted by molar-refractivity contribution is -0.143. The molecule has 1 amide bonds. The summed E-state index contributed by atoms with van der Waals surface area (Å²) in [4.78, 5) is 12.0. The lowest BCUT2D eigenvalue weighted by Crippen LogP contribution is -2.14. The van der Waals surface area contributed by atoms with Crippen molar-refractivity contribution < 1.29 is 45.0 Å². The fourth-order valence-corrected chi connectivity index (χ4v) is 2.94. The third-order valence-corrected chi connectivity index (χ3v) is 4.51. The molecule has 0 bridgehead atoms. The number of hydrogen-bond donors (Lipinski definition) is 1. The van der Waals surface area contributed by atoms with Gasteiger partial charge in [-0.05, 0) is 48.5 Å². The zero-order chi connectivity index (χ0) is 24.4. The van der Waals surface area contributed by atoms with E-state index in [1.165, 1.54) is 31.4 Å². The quantitative estimate of drug-likeness (QED) is 0.376. The smallest absolute Gasteiger partial charge is 0.416 e. The van der Waals surface area contributed by atoms with E-state index in [1.54, 1.807) is 6.07 Å². The van der Waals surface area contributed by atoms with Gasteiger partial charge in [0.05, 0.1) is 23.9 Å². The molecule has 0 unspecified atom stereocenters. The lowest BCUT2D eigenvalue weighted by Gasteiger charge is -2.13. The molecule has 0 radical (unpaired) electrons. The number of hydrogen-bond acceptors (Lipinski definition) is 4. The van der Waals surface area contributed by atoms with Gasteiger partial charge < -0.3 is 13.9 Å². The number of methoxy groups -OCH3 is 1. The Bertz CT molecular complexity index is 1120. The second kappa shape index (κ2) is 9.26. The molecule has 0 aliphatic heterocycles. The van der Waals surface area contributed by atoms with Crippen molar-refractivity contribution in [2.24, 2.45) is 0 Å². The topological polar surface area (TPSA) is 60.7 Å². The average Bonchev–Trinajstić information content (AvgIpc) is 3.20. The second-order valence-corrected chi connectivity index (χ2v) is 7.04. The molecule has 0 atom stereocenters. The number of nitrogens with one attached hydrogen (secondary N) is 1. The van der Waals surface area contributed by atoms with Crippen molar-refractivity contribution in [2.75, 3.05) is 12.4 Å². The van der Waals surface area contributed by atoms with Gasteiger partial charge in [0.2, 0.25) is 0 Å². The molecule has 0 aliphatic rings. The van der Waals surface area contributed by atoms with Crippen LogP contribution in [-0.4, -0.2) is 13.2 Å². The van der Waals surface area contributed by atoms with Crippen LogP contribution in [0.15, 0.2) is 52.9 Å². The molecule has 1 aromatic heterocycles. The van der Waals surface area contributed by atoms with Crippen LogP contribution in [0.3, 0.4) is 0 Å². The van der Waals surface area contributed by atoms with E-state index in [4.69, 9.17) is 25.5 Å². The number of rotatable bonds is 5. The average molecular weight is 494 g/mol. The van der Waals surface area contributed by atoms with Crippen LogP contribution in [0.1, 0.15) is 16.9 Å². The van der Waals surface area contributed by atoms with Crippen LogP contribution in [-0.2, 0) is 23.7 Å². The first kappa shape index (κ1) is 24.3. The number of ether oxygens (including phenoxy) is 2. The third kappa shape index (κ3) is 6.13. The van der Waals surface area contributed by atoms with Crippen LogP contribution in [0.5, 0.6) is 5.75 Å². The Labute approximate surface area is 187 Å². The molecule has 1 N–H and O–H groups in total. The molecule has 0 spiro atoms. The largest absolute Gasteiger partial charge is 0.495 e.